The van der Waals surface area contributed by atoms with E-state index in [0.29, 0.717) is 26.2 Å². The molecule has 12 heteroatoms. The first kappa shape index (κ1) is 18.8. The fraction of sp³-hybridized carbons (Fsp3) is 0.429. The van der Waals surface area contributed by atoms with Crippen molar-refractivity contribution in [3.63, 3.8) is 0 Å². The molecule has 0 saturated carbocycles. The molecule has 0 atom stereocenters. The lowest BCUT2D eigenvalue weighted by atomic mass is 10.2. The summed E-state index contributed by atoms with van der Waals surface area (Å²) in [5, 5.41) is 3.65. The number of benzene rings is 1. The van der Waals surface area contributed by atoms with Gasteiger partial charge < -0.3 is 4.52 Å². The monoisotopic (exact) mass is 391 g/mol. The highest BCUT2D eigenvalue weighted by atomic mass is 32.2. The highest BCUT2D eigenvalue weighted by Gasteiger charge is 2.26. The quantitative estimate of drug-likeness (QED) is 0.756. The molecule has 0 bridgehead atoms. The van der Waals surface area contributed by atoms with Gasteiger partial charge in [0.15, 0.2) is 17.5 Å². The topological polar surface area (TPSA) is 91.6 Å². The Morgan fingerprint density at radius 3 is 2.35 bits per heavy atom. The maximum Gasteiger partial charge on any atom is 0.279 e. The van der Waals surface area contributed by atoms with Crippen molar-refractivity contribution in [1.29, 1.82) is 0 Å². The summed E-state index contributed by atoms with van der Waals surface area (Å²) in [4.78, 5) is 5.96. The third-order valence-electron chi connectivity index (χ3n) is 4.00. The van der Waals surface area contributed by atoms with Gasteiger partial charge in [-0.25, -0.2) is 17.9 Å². The van der Waals surface area contributed by atoms with E-state index in [1.807, 2.05) is 4.90 Å². The van der Waals surface area contributed by atoms with Crippen LogP contribution in [-0.4, -0.2) is 61.0 Å². The van der Waals surface area contributed by atoms with E-state index in [9.17, 15) is 21.6 Å². The first-order valence-electron chi connectivity index (χ1n) is 7.68. The third-order valence-corrected chi connectivity index (χ3v) is 5.56. The maximum atomic E-state index is 13.3. The summed E-state index contributed by atoms with van der Waals surface area (Å²) in [6.45, 7) is 1.78. The van der Waals surface area contributed by atoms with E-state index < -0.39 is 27.7 Å². The van der Waals surface area contributed by atoms with Crippen molar-refractivity contribution in [3.8, 4) is 11.4 Å². The number of hydrogen-bond donors (Lipinski definition) is 1. The number of hydrogen-bond acceptors (Lipinski definition) is 6. The van der Waals surface area contributed by atoms with Crippen molar-refractivity contribution in [2.45, 2.75) is 6.54 Å². The first-order valence-corrected chi connectivity index (χ1v) is 9.12. The summed E-state index contributed by atoms with van der Waals surface area (Å²) in [7, 11) is -2.11. The SMILES string of the molecule is CNS(=O)(=O)N1CCN(Cc2nc(-c3cc(F)c(F)c(F)c3)no2)CC1. The van der Waals surface area contributed by atoms with Gasteiger partial charge in [-0.3, -0.25) is 4.90 Å². The molecule has 1 aliphatic rings. The van der Waals surface area contributed by atoms with Gasteiger partial charge >= 0.3 is 0 Å². The fourth-order valence-electron chi connectivity index (χ4n) is 2.57. The minimum Gasteiger partial charge on any atom is -0.338 e. The van der Waals surface area contributed by atoms with E-state index in [4.69, 9.17) is 4.52 Å². The Hall–Kier alpha value is -2.02. The van der Waals surface area contributed by atoms with Gasteiger partial charge in [0.05, 0.1) is 6.54 Å². The smallest absolute Gasteiger partial charge is 0.279 e. The third kappa shape index (κ3) is 3.87. The predicted molar refractivity (Wildman–Crippen MR) is 84.4 cm³/mol. The standard InChI is InChI=1S/C14H16F3N5O3S/c1-18-26(23,24)22-4-2-21(3-5-22)8-12-19-14(20-25-12)9-6-10(15)13(17)11(16)7-9/h6-7,18H,2-5,8H2,1H3. The van der Waals surface area contributed by atoms with Crippen LogP contribution in [0.25, 0.3) is 11.4 Å². The minimum absolute atomic E-state index is 0.0404. The number of aromatic nitrogens is 2. The Labute approximate surface area is 147 Å². The normalized spacial score (nSPS) is 16.9. The summed E-state index contributed by atoms with van der Waals surface area (Å²) in [5.41, 5.74) is -0.0404. The van der Waals surface area contributed by atoms with E-state index in [-0.39, 0.29) is 23.8 Å². The molecule has 0 unspecified atom stereocenters. The maximum absolute atomic E-state index is 13.3. The summed E-state index contributed by atoms with van der Waals surface area (Å²) in [6.07, 6.45) is 0. The van der Waals surface area contributed by atoms with Crippen LogP contribution >= 0.6 is 0 Å². The van der Waals surface area contributed by atoms with Crippen LogP contribution < -0.4 is 4.72 Å². The van der Waals surface area contributed by atoms with Crippen LogP contribution in [0.2, 0.25) is 0 Å². The van der Waals surface area contributed by atoms with Crippen LogP contribution in [0, 0.1) is 17.5 Å². The van der Waals surface area contributed by atoms with Crippen molar-refractivity contribution in [2.75, 3.05) is 33.2 Å². The molecule has 1 N–H and O–H groups in total. The first-order chi connectivity index (χ1) is 12.3. The zero-order valence-electron chi connectivity index (χ0n) is 13.7. The lowest BCUT2D eigenvalue weighted by molar-refractivity contribution is 0.162. The molecule has 2 heterocycles. The van der Waals surface area contributed by atoms with Crippen molar-refractivity contribution in [3.05, 3.63) is 35.5 Å². The summed E-state index contributed by atoms with van der Waals surface area (Å²) in [6, 6.07) is 1.57. The van der Waals surface area contributed by atoms with Crippen LogP contribution in [0.5, 0.6) is 0 Å². The van der Waals surface area contributed by atoms with Crippen molar-refractivity contribution < 1.29 is 26.1 Å². The zero-order chi connectivity index (χ0) is 18.9. The average molecular weight is 391 g/mol. The Balaban J connectivity index is 1.65. The second kappa shape index (κ2) is 7.31. The Kier molecular flexibility index (Phi) is 5.27. The van der Waals surface area contributed by atoms with Crippen LogP contribution in [0.1, 0.15) is 5.89 Å². The summed E-state index contributed by atoms with van der Waals surface area (Å²) < 4.78 is 71.7. The van der Waals surface area contributed by atoms with Gasteiger partial charge in [-0.15, -0.1) is 0 Å². The van der Waals surface area contributed by atoms with Crippen molar-refractivity contribution >= 4 is 10.2 Å². The van der Waals surface area contributed by atoms with Gasteiger partial charge in [0.25, 0.3) is 10.2 Å². The Bertz CT molecular complexity index is 874. The highest BCUT2D eigenvalue weighted by Crippen LogP contribution is 2.22. The zero-order valence-corrected chi connectivity index (χ0v) is 14.6. The largest absolute Gasteiger partial charge is 0.338 e. The van der Waals surface area contributed by atoms with Crippen molar-refractivity contribution in [1.82, 2.24) is 24.1 Å². The van der Waals surface area contributed by atoms with E-state index >= 15 is 0 Å². The Morgan fingerprint density at radius 2 is 1.77 bits per heavy atom. The predicted octanol–water partition coefficient (Wildman–Crippen LogP) is 0.736. The molecule has 0 amide bonds. The molecule has 26 heavy (non-hydrogen) atoms. The molecule has 0 radical (unpaired) electrons. The van der Waals surface area contributed by atoms with E-state index in [0.717, 1.165) is 12.1 Å². The van der Waals surface area contributed by atoms with Gasteiger partial charge in [0, 0.05) is 38.8 Å². The summed E-state index contributed by atoms with van der Waals surface area (Å²) >= 11 is 0. The molecule has 142 valence electrons. The van der Waals surface area contributed by atoms with Crippen molar-refractivity contribution in [2.24, 2.45) is 0 Å². The van der Waals surface area contributed by atoms with Crippen LogP contribution in [0.4, 0.5) is 13.2 Å². The van der Waals surface area contributed by atoms with E-state index in [1.54, 1.807) is 0 Å². The molecule has 0 spiro atoms. The molecule has 1 saturated heterocycles. The van der Waals surface area contributed by atoms with Gasteiger partial charge in [-0.1, -0.05) is 5.16 Å². The molecule has 0 aliphatic carbocycles. The molecule has 3 rings (SSSR count). The summed E-state index contributed by atoms with van der Waals surface area (Å²) in [5.74, 6) is -4.10. The molecule has 2 aromatic rings. The van der Waals surface area contributed by atoms with Gasteiger partial charge in [0.2, 0.25) is 11.7 Å². The average Bonchev–Trinajstić information content (AvgIpc) is 3.08. The van der Waals surface area contributed by atoms with Gasteiger partial charge in [-0.05, 0) is 12.1 Å². The van der Waals surface area contributed by atoms with Gasteiger partial charge in [-0.2, -0.15) is 17.7 Å². The van der Waals surface area contributed by atoms with Crippen LogP contribution in [0.15, 0.2) is 16.7 Å². The molecule has 1 aliphatic heterocycles. The highest BCUT2D eigenvalue weighted by molar-refractivity contribution is 7.87. The van der Waals surface area contributed by atoms with E-state index in [2.05, 4.69) is 14.9 Å². The second-order valence-electron chi connectivity index (χ2n) is 5.65. The number of nitrogens with one attached hydrogen (secondary N) is 1. The van der Waals surface area contributed by atoms with Crippen LogP contribution in [-0.2, 0) is 16.8 Å². The lowest BCUT2D eigenvalue weighted by Crippen LogP contribution is -2.51. The molecule has 1 aromatic heterocycles. The van der Waals surface area contributed by atoms with Crippen LogP contribution in [0.3, 0.4) is 0 Å². The fourth-order valence-corrected chi connectivity index (χ4v) is 3.47. The lowest BCUT2D eigenvalue weighted by Gasteiger charge is -2.32. The van der Waals surface area contributed by atoms with E-state index in [1.165, 1.54) is 11.4 Å². The second-order valence-corrected chi connectivity index (χ2v) is 7.52. The number of piperazine rings is 1. The molecule has 1 fully saturated rings. The Morgan fingerprint density at radius 1 is 1.15 bits per heavy atom. The van der Waals surface area contributed by atoms with Gasteiger partial charge in [0.1, 0.15) is 0 Å². The molecular formula is C14H16F3N5O3S. The minimum atomic E-state index is -3.46. The molecular weight excluding hydrogens is 375 g/mol. The number of nitrogens with zero attached hydrogens (tertiary/aromatic N) is 4. The number of halogens is 3. The molecule has 1 aromatic carbocycles. The number of rotatable bonds is 5. The molecule has 8 nitrogen and oxygen atoms in total.